The molecule has 1 aromatic carbocycles. The van der Waals surface area contributed by atoms with Crippen LogP contribution in [0.2, 0.25) is 0 Å². The van der Waals surface area contributed by atoms with Crippen molar-refractivity contribution in [3.05, 3.63) is 35.1 Å². The van der Waals surface area contributed by atoms with Crippen LogP contribution >= 0.6 is 0 Å². The molecule has 4 amide bonds. The zero-order chi connectivity index (χ0) is 19.9. The van der Waals surface area contributed by atoms with E-state index in [-0.39, 0.29) is 24.4 Å². The Bertz CT molecular complexity index is 683. The van der Waals surface area contributed by atoms with E-state index in [0.29, 0.717) is 17.5 Å². The van der Waals surface area contributed by atoms with Gasteiger partial charge in [0.1, 0.15) is 5.82 Å². The number of piperidine rings is 1. The van der Waals surface area contributed by atoms with E-state index in [1.807, 2.05) is 11.0 Å². The third-order valence-corrected chi connectivity index (χ3v) is 5.34. The van der Waals surface area contributed by atoms with Crippen molar-refractivity contribution < 1.29 is 14.0 Å². The summed E-state index contributed by atoms with van der Waals surface area (Å²) >= 11 is 0. The number of amides is 4. The van der Waals surface area contributed by atoms with Crippen LogP contribution in [0.4, 0.5) is 14.0 Å². The molecule has 0 bridgehead atoms. The maximum absolute atomic E-state index is 14.0. The van der Waals surface area contributed by atoms with Gasteiger partial charge in [-0.1, -0.05) is 12.1 Å². The van der Waals surface area contributed by atoms with E-state index in [2.05, 4.69) is 16.0 Å². The lowest BCUT2D eigenvalue weighted by Crippen LogP contribution is -2.42. The Morgan fingerprint density at radius 3 is 2.39 bits per heavy atom. The lowest BCUT2D eigenvalue weighted by atomic mass is 10.1. The fourth-order valence-electron chi connectivity index (χ4n) is 3.24. The molecular formula is C21H31FN4O2. The minimum Gasteiger partial charge on any atom is -0.341 e. The number of halogens is 1. The number of hydrogen-bond acceptors (Lipinski definition) is 2. The molecule has 0 aromatic heterocycles. The van der Waals surface area contributed by atoms with Gasteiger partial charge in [-0.2, -0.15) is 0 Å². The molecule has 1 heterocycles. The van der Waals surface area contributed by atoms with Crippen LogP contribution in [0.25, 0.3) is 0 Å². The fraction of sp³-hybridized carbons (Fsp3) is 0.619. The molecule has 3 N–H and O–H groups in total. The highest BCUT2D eigenvalue weighted by Crippen LogP contribution is 2.40. The summed E-state index contributed by atoms with van der Waals surface area (Å²) in [6.07, 6.45) is 7.96. The van der Waals surface area contributed by atoms with Gasteiger partial charge in [-0.05, 0) is 62.5 Å². The van der Waals surface area contributed by atoms with Crippen LogP contribution in [-0.2, 0) is 6.54 Å². The van der Waals surface area contributed by atoms with Crippen molar-refractivity contribution in [3.63, 3.8) is 0 Å². The maximum Gasteiger partial charge on any atom is 0.317 e. The molecule has 7 heteroatoms. The quantitative estimate of drug-likeness (QED) is 0.736. The van der Waals surface area contributed by atoms with Crippen molar-refractivity contribution in [1.29, 1.82) is 0 Å². The van der Waals surface area contributed by atoms with E-state index >= 15 is 0 Å². The molecule has 0 spiro atoms. The van der Waals surface area contributed by atoms with Gasteiger partial charge in [0.05, 0.1) is 0 Å². The van der Waals surface area contributed by atoms with Gasteiger partial charge < -0.3 is 20.9 Å². The molecule has 1 aliphatic heterocycles. The van der Waals surface area contributed by atoms with Crippen molar-refractivity contribution in [1.82, 2.24) is 20.9 Å². The Morgan fingerprint density at radius 2 is 1.82 bits per heavy atom. The van der Waals surface area contributed by atoms with Crippen LogP contribution in [0.3, 0.4) is 0 Å². The second-order valence-corrected chi connectivity index (χ2v) is 7.83. The number of urea groups is 2. The SMILES string of the molecule is CNC(=O)NC1CC1.O=C(NCc1ccc(C2CC2)cc1F)N1CCCCC1. The maximum atomic E-state index is 14.0. The summed E-state index contributed by atoms with van der Waals surface area (Å²) in [6, 6.07) is 5.75. The van der Waals surface area contributed by atoms with Gasteiger partial charge in [-0.25, -0.2) is 14.0 Å². The molecule has 3 aliphatic rings. The number of nitrogens with zero attached hydrogens (tertiary/aromatic N) is 1. The summed E-state index contributed by atoms with van der Waals surface area (Å²) in [5, 5.41) is 8.06. The summed E-state index contributed by atoms with van der Waals surface area (Å²) < 4.78 is 14.0. The van der Waals surface area contributed by atoms with E-state index < -0.39 is 0 Å². The van der Waals surface area contributed by atoms with Crippen LogP contribution in [0, 0.1) is 5.82 Å². The highest BCUT2D eigenvalue weighted by Gasteiger charge is 2.24. The summed E-state index contributed by atoms with van der Waals surface area (Å²) in [4.78, 5) is 24.2. The van der Waals surface area contributed by atoms with E-state index in [1.54, 1.807) is 19.2 Å². The zero-order valence-electron chi connectivity index (χ0n) is 16.6. The molecule has 1 saturated heterocycles. The van der Waals surface area contributed by atoms with Crippen LogP contribution in [0.15, 0.2) is 18.2 Å². The van der Waals surface area contributed by atoms with Gasteiger partial charge >= 0.3 is 12.1 Å². The van der Waals surface area contributed by atoms with Gasteiger partial charge in [-0.3, -0.25) is 0 Å². The molecule has 2 aliphatic carbocycles. The topological polar surface area (TPSA) is 73.5 Å². The van der Waals surface area contributed by atoms with Gasteiger partial charge in [0.2, 0.25) is 0 Å². The Hall–Kier alpha value is -2.31. The molecule has 0 unspecified atom stereocenters. The first-order valence-corrected chi connectivity index (χ1v) is 10.4. The minimum absolute atomic E-state index is 0.0625. The van der Waals surface area contributed by atoms with Crippen molar-refractivity contribution in [2.75, 3.05) is 20.1 Å². The average Bonchev–Trinajstić information content (AvgIpc) is 3.62. The van der Waals surface area contributed by atoms with E-state index in [1.165, 1.54) is 19.3 Å². The third-order valence-electron chi connectivity index (χ3n) is 5.34. The summed E-state index contributed by atoms with van der Waals surface area (Å²) in [6.45, 7) is 1.90. The van der Waals surface area contributed by atoms with Crippen LogP contribution in [0.5, 0.6) is 0 Å². The number of carbonyl (C=O) groups excluding carboxylic acids is 2. The number of benzene rings is 1. The molecule has 154 valence electrons. The fourth-order valence-corrected chi connectivity index (χ4v) is 3.24. The standard InChI is InChI=1S/C16H21FN2O.C5H10N2O/c17-15-10-13(12-4-5-12)6-7-14(15)11-18-16(20)19-8-2-1-3-9-19;1-6-5(8)7-4-2-3-4/h6-7,10,12H,1-5,8-9,11H2,(H,18,20);4H,2-3H2,1H3,(H2,6,7,8). The van der Waals surface area contributed by atoms with Gasteiger partial charge in [0, 0.05) is 38.3 Å². The number of carbonyl (C=O) groups is 2. The number of nitrogens with one attached hydrogen (secondary N) is 3. The smallest absolute Gasteiger partial charge is 0.317 e. The summed E-state index contributed by atoms with van der Waals surface area (Å²) in [7, 11) is 1.62. The highest BCUT2D eigenvalue weighted by atomic mass is 19.1. The lowest BCUT2D eigenvalue weighted by molar-refractivity contribution is 0.186. The van der Waals surface area contributed by atoms with Crippen LogP contribution in [0.1, 0.15) is 62.0 Å². The first-order chi connectivity index (χ1) is 13.6. The molecule has 2 saturated carbocycles. The largest absolute Gasteiger partial charge is 0.341 e. The molecule has 6 nitrogen and oxygen atoms in total. The zero-order valence-corrected chi connectivity index (χ0v) is 16.6. The van der Waals surface area contributed by atoms with Crippen LogP contribution < -0.4 is 16.0 Å². The minimum atomic E-state index is -0.201. The van der Waals surface area contributed by atoms with Gasteiger partial charge in [-0.15, -0.1) is 0 Å². The predicted molar refractivity (Wildman–Crippen MR) is 107 cm³/mol. The molecule has 1 aromatic rings. The molecular weight excluding hydrogens is 359 g/mol. The molecule has 0 atom stereocenters. The second-order valence-electron chi connectivity index (χ2n) is 7.83. The third kappa shape index (κ3) is 6.39. The van der Waals surface area contributed by atoms with E-state index in [0.717, 1.165) is 44.3 Å². The van der Waals surface area contributed by atoms with Crippen LogP contribution in [-0.4, -0.2) is 43.1 Å². The molecule has 4 rings (SSSR count). The van der Waals surface area contributed by atoms with E-state index in [4.69, 9.17) is 0 Å². The highest BCUT2D eigenvalue weighted by molar-refractivity contribution is 5.74. The Morgan fingerprint density at radius 1 is 1.11 bits per heavy atom. The van der Waals surface area contributed by atoms with Gasteiger partial charge in [0.25, 0.3) is 0 Å². The van der Waals surface area contributed by atoms with Crippen molar-refractivity contribution in [3.8, 4) is 0 Å². The number of hydrogen-bond donors (Lipinski definition) is 3. The Labute approximate surface area is 166 Å². The predicted octanol–water partition coefficient (Wildman–Crippen LogP) is 3.48. The Kier molecular flexibility index (Phi) is 7.12. The average molecular weight is 391 g/mol. The number of rotatable bonds is 4. The van der Waals surface area contributed by atoms with Gasteiger partial charge in [0.15, 0.2) is 0 Å². The summed E-state index contributed by atoms with van der Waals surface area (Å²) in [5.41, 5.74) is 1.66. The molecule has 28 heavy (non-hydrogen) atoms. The number of likely N-dealkylation sites (tertiary alicyclic amines) is 1. The van der Waals surface area contributed by atoms with E-state index in [9.17, 15) is 14.0 Å². The molecule has 3 fully saturated rings. The van der Waals surface area contributed by atoms with Crippen molar-refractivity contribution >= 4 is 12.1 Å². The normalized spacial score (nSPS) is 18.6. The first-order valence-electron chi connectivity index (χ1n) is 10.4. The van der Waals surface area contributed by atoms with Crippen molar-refractivity contribution in [2.24, 2.45) is 0 Å². The monoisotopic (exact) mass is 390 g/mol. The summed E-state index contributed by atoms with van der Waals surface area (Å²) in [5.74, 6) is 0.356. The lowest BCUT2D eigenvalue weighted by Gasteiger charge is -2.26. The molecule has 0 radical (unpaired) electrons. The van der Waals surface area contributed by atoms with Crippen molar-refractivity contribution in [2.45, 2.75) is 63.5 Å². The Balaban J connectivity index is 0.000000236. The first kappa shape index (κ1) is 20.4. The second kappa shape index (κ2) is 9.75.